The van der Waals surface area contributed by atoms with Crippen LogP contribution in [0.4, 0.5) is 14.7 Å². The van der Waals surface area contributed by atoms with Crippen molar-refractivity contribution in [2.24, 2.45) is 0 Å². The molecule has 102 valence electrons. The zero-order valence-electron chi connectivity index (χ0n) is 11.1. The van der Waals surface area contributed by atoms with Gasteiger partial charge in [-0.2, -0.15) is 0 Å². The van der Waals surface area contributed by atoms with Crippen LogP contribution in [0.25, 0.3) is 16.7 Å². The van der Waals surface area contributed by atoms with E-state index in [1.807, 2.05) is 13.0 Å². The number of rotatable bonds is 1. The second kappa shape index (κ2) is 4.30. The molecule has 20 heavy (non-hydrogen) atoms. The van der Waals surface area contributed by atoms with E-state index >= 15 is 0 Å². The lowest BCUT2D eigenvalue weighted by Gasteiger charge is -2.11. The molecule has 0 spiro atoms. The van der Waals surface area contributed by atoms with E-state index in [0.29, 0.717) is 16.6 Å². The summed E-state index contributed by atoms with van der Waals surface area (Å²) < 4.78 is 29.7. The molecule has 1 heterocycles. The zero-order chi connectivity index (χ0) is 14.4. The Hall–Kier alpha value is -2.43. The number of hydrogen-bond acceptors (Lipinski definition) is 2. The highest BCUT2D eigenvalue weighted by Gasteiger charge is 2.19. The number of hydrogen-bond donors (Lipinski definition) is 1. The molecule has 0 fully saturated rings. The zero-order valence-corrected chi connectivity index (χ0v) is 11.1. The molecule has 5 heteroatoms. The molecule has 1 aromatic heterocycles. The fourth-order valence-electron chi connectivity index (χ4n) is 2.29. The van der Waals surface area contributed by atoms with Gasteiger partial charge in [0, 0.05) is 0 Å². The molecule has 0 aliphatic rings. The third-order valence-corrected chi connectivity index (χ3v) is 3.32. The van der Waals surface area contributed by atoms with E-state index in [2.05, 4.69) is 4.98 Å². The van der Waals surface area contributed by atoms with Crippen LogP contribution in [-0.4, -0.2) is 9.55 Å². The lowest BCUT2D eigenvalue weighted by Crippen LogP contribution is -2.07. The minimum atomic E-state index is -0.666. The van der Waals surface area contributed by atoms with Crippen molar-refractivity contribution < 1.29 is 8.78 Å². The molecule has 0 radical (unpaired) electrons. The Morgan fingerprint density at radius 1 is 1.10 bits per heavy atom. The van der Waals surface area contributed by atoms with Gasteiger partial charge in [-0.25, -0.2) is 13.8 Å². The molecule has 0 aliphatic carbocycles. The molecule has 0 atom stereocenters. The fraction of sp³-hybridized carbons (Fsp3) is 0.133. The SMILES string of the molecule is Cc1ccc2nc(N)n(-c3c(F)ccc(C)c3F)c2c1. The summed E-state index contributed by atoms with van der Waals surface area (Å²) in [4.78, 5) is 4.15. The van der Waals surface area contributed by atoms with Crippen molar-refractivity contribution in [2.45, 2.75) is 13.8 Å². The summed E-state index contributed by atoms with van der Waals surface area (Å²) in [5.74, 6) is -1.23. The number of benzene rings is 2. The van der Waals surface area contributed by atoms with Crippen molar-refractivity contribution in [3.05, 3.63) is 53.1 Å². The van der Waals surface area contributed by atoms with Crippen molar-refractivity contribution in [1.82, 2.24) is 9.55 Å². The number of nitrogens with zero attached hydrogens (tertiary/aromatic N) is 2. The molecule has 0 bridgehead atoms. The third kappa shape index (κ3) is 1.74. The topological polar surface area (TPSA) is 43.8 Å². The monoisotopic (exact) mass is 273 g/mol. The highest BCUT2D eigenvalue weighted by molar-refractivity contribution is 5.81. The summed E-state index contributed by atoms with van der Waals surface area (Å²) in [6.45, 7) is 3.48. The van der Waals surface area contributed by atoms with Gasteiger partial charge in [0.15, 0.2) is 5.82 Å². The lowest BCUT2D eigenvalue weighted by molar-refractivity contribution is 0.566. The maximum absolute atomic E-state index is 14.3. The molecule has 0 saturated heterocycles. The van der Waals surface area contributed by atoms with E-state index in [4.69, 9.17) is 5.73 Å². The fourth-order valence-corrected chi connectivity index (χ4v) is 2.29. The van der Waals surface area contributed by atoms with Gasteiger partial charge >= 0.3 is 0 Å². The molecule has 2 aromatic carbocycles. The van der Waals surface area contributed by atoms with Crippen LogP contribution in [0.1, 0.15) is 11.1 Å². The predicted octanol–water partition coefficient (Wildman–Crippen LogP) is 3.50. The van der Waals surface area contributed by atoms with Crippen molar-refractivity contribution in [3.8, 4) is 5.69 Å². The molecular weight excluding hydrogens is 260 g/mol. The first kappa shape index (κ1) is 12.6. The Bertz CT molecular complexity index is 822. The van der Waals surface area contributed by atoms with E-state index in [1.54, 1.807) is 19.1 Å². The molecule has 0 amide bonds. The molecule has 2 N–H and O–H groups in total. The molecule has 3 rings (SSSR count). The summed E-state index contributed by atoms with van der Waals surface area (Å²) in [6, 6.07) is 8.09. The Morgan fingerprint density at radius 2 is 1.85 bits per heavy atom. The Morgan fingerprint density at radius 3 is 2.60 bits per heavy atom. The van der Waals surface area contributed by atoms with Gasteiger partial charge in [-0.1, -0.05) is 12.1 Å². The molecule has 0 aliphatic heterocycles. The van der Waals surface area contributed by atoms with Gasteiger partial charge in [-0.15, -0.1) is 0 Å². The number of aromatic nitrogens is 2. The van der Waals surface area contributed by atoms with Crippen LogP contribution in [0.2, 0.25) is 0 Å². The Kier molecular flexibility index (Phi) is 2.71. The van der Waals surface area contributed by atoms with Crippen molar-refractivity contribution in [1.29, 1.82) is 0 Å². The van der Waals surface area contributed by atoms with Crippen LogP contribution >= 0.6 is 0 Å². The lowest BCUT2D eigenvalue weighted by atomic mass is 10.1. The van der Waals surface area contributed by atoms with Crippen LogP contribution < -0.4 is 5.73 Å². The first-order valence-corrected chi connectivity index (χ1v) is 6.18. The first-order valence-electron chi connectivity index (χ1n) is 6.18. The summed E-state index contributed by atoms with van der Waals surface area (Å²) in [5.41, 5.74) is 8.17. The number of nitrogen functional groups attached to an aromatic ring is 1. The maximum atomic E-state index is 14.3. The molecule has 3 nitrogen and oxygen atoms in total. The maximum Gasteiger partial charge on any atom is 0.206 e. The highest BCUT2D eigenvalue weighted by atomic mass is 19.1. The van der Waals surface area contributed by atoms with E-state index in [0.717, 1.165) is 5.56 Å². The smallest absolute Gasteiger partial charge is 0.206 e. The number of nitrogens with two attached hydrogens (primary N) is 1. The van der Waals surface area contributed by atoms with Crippen LogP contribution in [0, 0.1) is 25.5 Å². The van der Waals surface area contributed by atoms with Crippen LogP contribution in [0.15, 0.2) is 30.3 Å². The van der Waals surface area contributed by atoms with Crippen molar-refractivity contribution in [3.63, 3.8) is 0 Å². The van der Waals surface area contributed by atoms with Gasteiger partial charge in [0.05, 0.1) is 11.0 Å². The van der Waals surface area contributed by atoms with Gasteiger partial charge < -0.3 is 5.73 Å². The minimum Gasteiger partial charge on any atom is -0.369 e. The van der Waals surface area contributed by atoms with Gasteiger partial charge in [0.25, 0.3) is 0 Å². The Balaban J connectivity index is 2.44. The minimum absolute atomic E-state index is 0.0639. The Labute approximate surface area is 114 Å². The summed E-state index contributed by atoms with van der Waals surface area (Å²) in [5, 5.41) is 0. The van der Waals surface area contributed by atoms with Crippen LogP contribution in [0.3, 0.4) is 0 Å². The van der Waals surface area contributed by atoms with Crippen LogP contribution in [0.5, 0.6) is 0 Å². The molecule has 0 unspecified atom stereocenters. The van der Waals surface area contributed by atoms with Gasteiger partial charge in [0.1, 0.15) is 11.5 Å². The third-order valence-electron chi connectivity index (χ3n) is 3.32. The summed E-state index contributed by atoms with van der Waals surface area (Å²) in [6.07, 6.45) is 0. The molecule has 0 saturated carbocycles. The number of aryl methyl sites for hydroxylation is 2. The van der Waals surface area contributed by atoms with Gasteiger partial charge in [-0.05, 0) is 43.2 Å². The van der Waals surface area contributed by atoms with E-state index in [9.17, 15) is 8.78 Å². The first-order chi connectivity index (χ1) is 9.49. The van der Waals surface area contributed by atoms with Gasteiger partial charge in [-0.3, -0.25) is 4.57 Å². The summed E-state index contributed by atoms with van der Waals surface area (Å²) >= 11 is 0. The largest absolute Gasteiger partial charge is 0.369 e. The second-order valence-corrected chi connectivity index (χ2v) is 4.82. The van der Waals surface area contributed by atoms with Crippen molar-refractivity contribution in [2.75, 3.05) is 5.73 Å². The van der Waals surface area contributed by atoms with E-state index in [1.165, 1.54) is 16.7 Å². The number of imidazole rings is 1. The number of anilines is 1. The van der Waals surface area contributed by atoms with E-state index in [-0.39, 0.29) is 11.6 Å². The van der Waals surface area contributed by atoms with Gasteiger partial charge in [0.2, 0.25) is 5.95 Å². The standard InChI is InChI=1S/C15H13F2N3/c1-8-3-6-11-12(7-8)20(15(18)19-11)14-10(16)5-4-9(2)13(14)17/h3-7H,1-2H3,(H2,18,19). The second-order valence-electron chi connectivity index (χ2n) is 4.82. The normalized spacial score (nSPS) is 11.2. The number of fused-ring (bicyclic) bond motifs is 1. The quantitative estimate of drug-likeness (QED) is 0.737. The molecular formula is C15H13F2N3. The average Bonchev–Trinajstić information content (AvgIpc) is 2.71. The average molecular weight is 273 g/mol. The van der Waals surface area contributed by atoms with Crippen molar-refractivity contribution >= 4 is 17.0 Å². The highest BCUT2D eigenvalue weighted by Crippen LogP contribution is 2.28. The van der Waals surface area contributed by atoms with Crippen LogP contribution in [-0.2, 0) is 0 Å². The van der Waals surface area contributed by atoms with E-state index < -0.39 is 11.6 Å². The summed E-state index contributed by atoms with van der Waals surface area (Å²) in [7, 11) is 0. The predicted molar refractivity (Wildman–Crippen MR) is 74.9 cm³/mol. The molecule has 3 aromatic rings. The number of halogens is 2.